The Morgan fingerprint density at radius 1 is 1.17 bits per heavy atom. The van der Waals surface area contributed by atoms with Gasteiger partial charge in [0.15, 0.2) is 5.82 Å². The monoisotopic (exact) mass is 332 g/mol. The maximum Gasteiger partial charge on any atom is 0.291 e. The van der Waals surface area contributed by atoms with Crippen molar-refractivity contribution < 1.29 is 8.78 Å². The largest absolute Gasteiger partial charge is 0.352 e. The first-order chi connectivity index (χ1) is 11.5. The quantitative estimate of drug-likeness (QED) is 0.873. The number of aryl methyl sites for hydroxylation is 1. The average Bonchev–Trinajstić information content (AvgIpc) is 2.98. The van der Waals surface area contributed by atoms with Crippen LogP contribution in [-0.2, 0) is 5.92 Å². The average molecular weight is 332 g/mol. The van der Waals surface area contributed by atoms with E-state index in [1.54, 1.807) is 23.7 Å². The van der Waals surface area contributed by atoms with Crippen molar-refractivity contribution in [3.63, 3.8) is 0 Å². The highest BCUT2D eigenvalue weighted by Gasteiger charge is 2.27. The van der Waals surface area contributed by atoms with Gasteiger partial charge in [-0.05, 0) is 32.1 Å². The molecule has 0 saturated carbocycles. The lowest BCUT2D eigenvalue weighted by atomic mass is 10.1. The number of allylic oxidation sites excluding steroid dienone is 2. The summed E-state index contributed by atoms with van der Waals surface area (Å²) in [6.45, 7) is 7.35. The first-order valence-corrected chi connectivity index (χ1v) is 8.16. The van der Waals surface area contributed by atoms with Gasteiger partial charge in [0, 0.05) is 43.5 Å². The summed E-state index contributed by atoms with van der Waals surface area (Å²) < 4.78 is 29.5. The van der Waals surface area contributed by atoms with E-state index in [4.69, 9.17) is 0 Å². The Balaban J connectivity index is 1.84. The molecule has 128 valence electrons. The van der Waals surface area contributed by atoms with Crippen LogP contribution in [0, 0.1) is 6.92 Å². The van der Waals surface area contributed by atoms with Gasteiger partial charge in [0.05, 0.1) is 5.69 Å². The molecule has 1 aromatic carbocycles. The van der Waals surface area contributed by atoms with Crippen molar-refractivity contribution in [2.75, 3.05) is 31.1 Å². The van der Waals surface area contributed by atoms with Crippen LogP contribution in [0.5, 0.6) is 0 Å². The Labute approximate surface area is 140 Å². The van der Waals surface area contributed by atoms with Gasteiger partial charge in [-0.1, -0.05) is 18.2 Å². The maximum absolute atomic E-state index is 13.9. The molecule has 1 aliphatic heterocycles. The maximum atomic E-state index is 13.9. The van der Waals surface area contributed by atoms with Crippen molar-refractivity contribution in [3.05, 3.63) is 53.7 Å². The minimum Gasteiger partial charge on any atom is -0.352 e. The van der Waals surface area contributed by atoms with E-state index in [-0.39, 0.29) is 5.56 Å². The standard InChI is InChI=1S/C18H22F2N4/c1-3-8-18(19,20)15-4-6-16(7-5-15)24-13-14(2)17(22-24)23-11-9-21-10-12-23/h3-8,13,21H,9-12H2,1-2H3/b8-3+. The number of benzene rings is 1. The molecule has 1 aromatic heterocycles. The highest BCUT2D eigenvalue weighted by atomic mass is 19.3. The molecule has 1 aliphatic rings. The number of rotatable bonds is 4. The molecular weight excluding hydrogens is 310 g/mol. The van der Waals surface area contributed by atoms with Crippen molar-refractivity contribution in [1.82, 2.24) is 15.1 Å². The molecule has 0 amide bonds. The predicted octanol–water partition coefficient (Wildman–Crippen LogP) is 3.26. The summed E-state index contributed by atoms with van der Waals surface area (Å²) in [6, 6.07) is 6.27. The number of hydrogen-bond donors (Lipinski definition) is 1. The number of aromatic nitrogens is 2. The Kier molecular flexibility index (Phi) is 4.66. The third-order valence-corrected chi connectivity index (χ3v) is 4.18. The molecule has 0 bridgehead atoms. The van der Waals surface area contributed by atoms with Gasteiger partial charge in [0.1, 0.15) is 0 Å². The summed E-state index contributed by atoms with van der Waals surface area (Å²) >= 11 is 0. The number of anilines is 1. The molecule has 0 aliphatic carbocycles. The van der Waals surface area contributed by atoms with Crippen LogP contribution in [0.15, 0.2) is 42.6 Å². The molecule has 0 unspecified atom stereocenters. The lowest BCUT2D eigenvalue weighted by Crippen LogP contribution is -2.44. The fourth-order valence-electron chi connectivity index (χ4n) is 2.91. The Morgan fingerprint density at radius 2 is 1.83 bits per heavy atom. The molecule has 0 radical (unpaired) electrons. The third-order valence-electron chi connectivity index (χ3n) is 4.18. The highest BCUT2D eigenvalue weighted by molar-refractivity contribution is 5.48. The SMILES string of the molecule is C/C=C/C(F)(F)c1ccc(-n2cc(C)c(N3CCNCC3)n2)cc1. The van der Waals surface area contributed by atoms with Crippen LogP contribution in [-0.4, -0.2) is 36.0 Å². The Bertz CT molecular complexity index is 713. The van der Waals surface area contributed by atoms with Crippen LogP contribution in [0.3, 0.4) is 0 Å². The summed E-state index contributed by atoms with van der Waals surface area (Å²) in [5.41, 5.74) is 1.84. The highest BCUT2D eigenvalue weighted by Crippen LogP contribution is 2.30. The van der Waals surface area contributed by atoms with Gasteiger partial charge in [-0.3, -0.25) is 0 Å². The molecule has 0 atom stereocenters. The molecule has 3 rings (SSSR count). The number of alkyl halides is 2. The molecule has 4 nitrogen and oxygen atoms in total. The fourth-order valence-corrected chi connectivity index (χ4v) is 2.91. The van der Waals surface area contributed by atoms with E-state index in [9.17, 15) is 8.78 Å². The molecule has 0 spiro atoms. The second-order valence-corrected chi connectivity index (χ2v) is 5.99. The summed E-state index contributed by atoms with van der Waals surface area (Å²) in [7, 11) is 0. The summed E-state index contributed by atoms with van der Waals surface area (Å²) in [5, 5.41) is 7.97. The first-order valence-electron chi connectivity index (χ1n) is 8.16. The minimum absolute atomic E-state index is 0.0180. The first kappa shape index (κ1) is 16.6. The lowest BCUT2D eigenvalue weighted by Gasteiger charge is -2.27. The molecule has 24 heavy (non-hydrogen) atoms. The van der Waals surface area contributed by atoms with Crippen molar-refractivity contribution in [3.8, 4) is 5.69 Å². The van der Waals surface area contributed by atoms with E-state index in [2.05, 4.69) is 15.3 Å². The number of nitrogens with one attached hydrogen (secondary N) is 1. The van der Waals surface area contributed by atoms with Crippen LogP contribution in [0.25, 0.3) is 5.69 Å². The van der Waals surface area contributed by atoms with Crippen LogP contribution in [0.2, 0.25) is 0 Å². The molecule has 6 heteroatoms. The van der Waals surface area contributed by atoms with E-state index in [1.807, 2.05) is 13.1 Å². The number of piperazine rings is 1. The smallest absolute Gasteiger partial charge is 0.291 e. The van der Waals surface area contributed by atoms with E-state index in [0.29, 0.717) is 0 Å². The van der Waals surface area contributed by atoms with Crippen LogP contribution in [0.1, 0.15) is 18.1 Å². The fraction of sp³-hybridized carbons (Fsp3) is 0.389. The van der Waals surface area contributed by atoms with Gasteiger partial charge in [0.25, 0.3) is 5.92 Å². The Morgan fingerprint density at radius 3 is 2.46 bits per heavy atom. The summed E-state index contributed by atoms with van der Waals surface area (Å²) in [4.78, 5) is 2.25. The van der Waals surface area contributed by atoms with Crippen LogP contribution >= 0.6 is 0 Å². The summed E-state index contributed by atoms with van der Waals surface area (Å²) in [5.74, 6) is -1.99. The number of nitrogens with zero attached hydrogens (tertiary/aromatic N) is 3. The number of hydrogen-bond acceptors (Lipinski definition) is 3. The zero-order valence-electron chi connectivity index (χ0n) is 14.0. The second-order valence-electron chi connectivity index (χ2n) is 5.99. The second kappa shape index (κ2) is 6.73. The molecular formula is C18H22F2N4. The van der Waals surface area contributed by atoms with Crippen LogP contribution in [0.4, 0.5) is 14.6 Å². The van der Waals surface area contributed by atoms with Gasteiger partial charge in [0.2, 0.25) is 0 Å². The predicted molar refractivity (Wildman–Crippen MR) is 92.1 cm³/mol. The van der Waals surface area contributed by atoms with Gasteiger partial charge in [-0.25, -0.2) is 4.68 Å². The summed E-state index contributed by atoms with van der Waals surface area (Å²) in [6.07, 6.45) is 4.21. The van der Waals surface area contributed by atoms with E-state index >= 15 is 0 Å². The van der Waals surface area contributed by atoms with Gasteiger partial charge < -0.3 is 10.2 Å². The molecule has 1 saturated heterocycles. The van der Waals surface area contributed by atoms with Crippen molar-refractivity contribution in [2.45, 2.75) is 19.8 Å². The van der Waals surface area contributed by atoms with Crippen molar-refractivity contribution in [2.24, 2.45) is 0 Å². The minimum atomic E-state index is -2.95. The van der Waals surface area contributed by atoms with Crippen molar-refractivity contribution >= 4 is 5.82 Å². The molecule has 1 N–H and O–H groups in total. The zero-order chi connectivity index (χ0) is 17.2. The van der Waals surface area contributed by atoms with Gasteiger partial charge >= 0.3 is 0 Å². The number of halogens is 2. The molecule has 2 aromatic rings. The van der Waals surface area contributed by atoms with Gasteiger partial charge in [-0.2, -0.15) is 8.78 Å². The Hall–Kier alpha value is -2.21. The van der Waals surface area contributed by atoms with E-state index in [1.165, 1.54) is 18.2 Å². The third kappa shape index (κ3) is 3.33. The van der Waals surface area contributed by atoms with Crippen molar-refractivity contribution in [1.29, 1.82) is 0 Å². The molecule has 1 fully saturated rings. The van der Waals surface area contributed by atoms with Crippen LogP contribution < -0.4 is 10.2 Å². The van der Waals surface area contributed by atoms with E-state index < -0.39 is 5.92 Å². The lowest BCUT2D eigenvalue weighted by molar-refractivity contribution is 0.0520. The normalized spacial score (nSPS) is 16.1. The molecule has 2 heterocycles. The topological polar surface area (TPSA) is 33.1 Å². The van der Waals surface area contributed by atoms with E-state index in [0.717, 1.165) is 49.3 Å². The van der Waals surface area contributed by atoms with Gasteiger partial charge in [-0.15, -0.1) is 5.10 Å². The zero-order valence-corrected chi connectivity index (χ0v) is 14.0.